The molecule has 1 saturated heterocycles. The lowest BCUT2D eigenvalue weighted by Crippen LogP contribution is -2.48. The van der Waals surface area contributed by atoms with Crippen molar-refractivity contribution in [2.75, 3.05) is 60.5 Å². The van der Waals surface area contributed by atoms with Gasteiger partial charge in [0.1, 0.15) is 10.6 Å². The fraction of sp³-hybridized carbons (Fsp3) is 0.435. The van der Waals surface area contributed by atoms with Gasteiger partial charge in [-0.2, -0.15) is 0 Å². The van der Waals surface area contributed by atoms with Gasteiger partial charge in [-0.15, -0.1) is 0 Å². The van der Waals surface area contributed by atoms with Gasteiger partial charge in [0.15, 0.2) is 0 Å². The molecule has 1 amide bonds. The van der Waals surface area contributed by atoms with Gasteiger partial charge >= 0.3 is 0 Å². The van der Waals surface area contributed by atoms with Crippen molar-refractivity contribution in [1.82, 2.24) is 19.4 Å². The summed E-state index contributed by atoms with van der Waals surface area (Å²) < 4.78 is 31.4. The number of methoxy groups -OCH3 is 1. The minimum atomic E-state index is -3.73. The zero-order valence-corrected chi connectivity index (χ0v) is 19.8. The Morgan fingerprint density at radius 2 is 1.69 bits per heavy atom. The summed E-state index contributed by atoms with van der Waals surface area (Å²) in [6.45, 7) is 6.11. The quantitative estimate of drug-likeness (QED) is 0.611. The molecule has 1 fully saturated rings. The molecule has 174 valence electrons. The lowest BCUT2D eigenvalue weighted by atomic mass is 10.2. The highest BCUT2D eigenvalue weighted by atomic mass is 32.2. The van der Waals surface area contributed by atoms with Gasteiger partial charge in [0.25, 0.3) is 5.91 Å². The number of ether oxygens (including phenoxy) is 1. The van der Waals surface area contributed by atoms with Crippen molar-refractivity contribution in [2.45, 2.75) is 11.4 Å². The molecule has 8 nitrogen and oxygen atoms in total. The van der Waals surface area contributed by atoms with E-state index in [-0.39, 0.29) is 16.6 Å². The molecule has 0 unspecified atom stereocenters. The molecular formula is C23H32N4O4S. The van der Waals surface area contributed by atoms with Crippen LogP contribution in [0.15, 0.2) is 53.4 Å². The Kier molecular flexibility index (Phi) is 8.25. The first-order chi connectivity index (χ1) is 15.3. The summed E-state index contributed by atoms with van der Waals surface area (Å²) in [4.78, 5) is 17.4. The Morgan fingerprint density at radius 1 is 1.03 bits per heavy atom. The Balaban J connectivity index is 1.49. The highest BCUT2D eigenvalue weighted by Crippen LogP contribution is 2.26. The predicted octanol–water partition coefficient (Wildman–Crippen LogP) is 1.49. The second kappa shape index (κ2) is 10.9. The van der Waals surface area contributed by atoms with E-state index in [1.54, 1.807) is 6.07 Å². The van der Waals surface area contributed by atoms with Crippen LogP contribution in [0, 0.1) is 0 Å². The van der Waals surface area contributed by atoms with E-state index in [0.717, 1.165) is 43.6 Å². The lowest BCUT2D eigenvalue weighted by Gasteiger charge is -2.34. The third-order valence-corrected chi connectivity index (χ3v) is 7.45. The summed E-state index contributed by atoms with van der Waals surface area (Å²) >= 11 is 0. The van der Waals surface area contributed by atoms with E-state index in [0.29, 0.717) is 12.1 Å². The molecule has 0 radical (unpaired) electrons. The number of nitrogens with zero attached hydrogens (tertiary/aromatic N) is 3. The van der Waals surface area contributed by atoms with Gasteiger partial charge < -0.3 is 10.1 Å². The van der Waals surface area contributed by atoms with Gasteiger partial charge in [-0.3, -0.25) is 14.6 Å². The largest absolute Gasteiger partial charge is 0.495 e. The van der Waals surface area contributed by atoms with Gasteiger partial charge in [0, 0.05) is 65.5 Å². The first-order valence-corrected chi connectivity index (χ1v) is 12.1. The maximum atomic E-state index is 12.6. The SMILES string of the molecule is COc1ccc(C(=O)NCCN2CCN(Cc3ccccc3)CC2)cc1S(=O)(=O)N(C)C. The topological polar surface area (TPSA) is 82.2 Å². The molecule has 0 aromatic heterocycles. The predicted molar refractivity (Wildman–Crippen MR) is 124 cm³/mol. The summed E-state index contributed by atoms with van der Waals surface area (Å²) in [7, 11) is 0.571. The summed E-state index contributed by atoms with van der Waals surface area (Å²) in [5, 5.41) is 2.90. The van der Waals surface area contributed by atoms with E-state index in [4.69, 9.17) is 4.74 Å². The number of piperazine rings is 1. The van der Waals surface area contributed by atoms with E-state index in [2.05, 4.69) is 39.4 Å². The lowest BCUT2D eigenvalue weighted by molar-refractivity contribution is 0.0934. The number of sulfonamides is 1. The smallest absolute Gasteiger partial charge is 0.251 e. The molecule has 0 atom stereocenters. The minimum Gasteiger partial charge on any atom is -0.495 e. The van der Waals surface area contributed by atoms with Crippen LogP contribution in [0.25, 0.3) is 0 Å². The Hall–Kier alpha value is -2.46. The standard InChI is InChI=1S/C23H32N4O4S/c1-25(2)32(29,30)22-17-20(9-10-21(22)31-3)23(28)24-11-12-26-13-15-27(16-14-26)18-19-7-5-4-6-8-19/h4-10,17H,11-16,18H2,1-3H3,(H,24,28). The monoisotopic (exact) mass is 460 g/mol. The molecule has 0 saturated carbocycles. The Bertz CT molecular complexity index is 1000. The number of hydrogen-bond donors (Lipinski definition) is 1. The van der Waals surface area contributed by atoms with Gasteiger partial charge in [0.2, 0.25) is 10.0 Å². The molecule has 32 heavy (non-hydrogen) atoms. The number of carbonyl (C=O) groups is 1. The molecule has 1 aliphatic rings. The molecule has 9 heteroatoms. The van der Waals surface area contributed by atoms with E-state index in [9.17, 15) is 13.2 Å². The van der Waals surface area contributed by atoms with Gasteiger partial charge in [-0.05, 0) is 23.8 Å². The zero-order valence-electron chi connectivity index (χ0n) is 19.0. The first kappa shape index (κ1) is 24.2. The molecule has 1 aliphatic heterocycles. The van der Waals surface area contributed by atoms with Gasteiger partial charge in [0.05, 0.1) is 7.11 Å². The number of rotatable bonds is 9. The molecule has 0 bridgehead atoms. The van der Waals surface area contributed by atoms with Crippen LogP contribution in [-0.4, -0.2) is 88.9 Å². The number of carbonyl (C=O) groups excluding carboxylic acids is 1. The Labute approximate surface area is 190 Å². The van der Waals surface area contributed by atoms with Gasteiger partial charge in [-0.25, -0.2) is 12.7 Å². The highest BCUT2D eigenvalue weighted by molar-refractivity contribution is 7.89. The molecule has 1 heterocycles. The van der Waals surface area contributed by atoms with E-state index in [1.165, 1.54) is 38.9 Å². The van der Waals surface area contributed by atoms with Crippen LogP contribution in [0.3, 0.4) is 0 Å². The number of amides is 1. The summed E-state index contributed by atoms with van der Waals surface area (Å²) in [6, 6.07) is 14.9. The fourth-order valence-corrected chi connectivity index (χ4v) is 4.73. The number of nitrogens with one attached hydrogen (secondary N) is 1. The van der Waals surface area contributed by atoms with Crippen molar-refractivity contribution < 1.29 is 17.9 Å². The van der Waals surface area contributed by atoms with Crippen LogP contribution >= 0.6 is 0 Å². The maximum Gasteiger partial charge on any atom is 0.251 e. The van der Waals surface area contributed by atoms with E-state index < -0.39 is 10.0 Å². The summed E-state index contributed by atoms with van der Waals surface area (Å²) in [5.41, 5.74) is 1.61. The van der Waals surface area contributed by atoms with Crippen LogP contribution in [0.4, 0.5) is 0 Å². The molecule has 1 N–H and O–H groups in total. The van der Waals surface area contributed by atoms with Crippen molar-refractivity contribution in [3.63, 3.8) is 0 Å². The number of benzene rings is 2. The average molecular weight is 461 g/mol. The first-order valence-electron chi connectivity index (χ1n) is 10.7. The van der Waals surface area contributed by atoms with Crippen molar-refractivity contribution in [3.05, 3.63) is 59.7 Å². The second-order valence-corrected chi connectivity index (χ2v) is 10.1. The maximum absolute atomic E-state index is 12.6. The zero-order chi connectivity index (χ0) is 23.1. The molecule has 2 aromatic rings. The molecule has 0 aliphatic carbocycles. The second-order valence-electron chi connectivity index (χ2n) is 8.01. The minimum absolute atomic E-state index is 0.0211. The van der Waals surface area contributed by atoms with Crippen LogP contribution < -0.4 is 10.1 Å². The molecule has 3 rings (SSSR count). The average Bonchev–Trinajstić information content (AvgIpc) is 2.80. The van der Waals surface area contributed by atoms with Crippen LogP contribution in [0.1, 0.15) is 15.9 Å². The number of hydrogen-bond acceptors (Lipinski definition) is 6. The van der Waals surface area contributed by atoms with Crippen LogP contribution in [0.5, 0.6) is 5.75 Å². The summed E-state index contributed by atoms with van der Waals surface area (Å²) in [6.07, 6.45) is 0. The fourth-order valence-electron chi connectivity index (χ4n) is 3.66. The third kappa shape index (κ3) is 6.07. The molecular weight excluding hydrogens is 428 g/mol. The molecule has 2 aromatic carbocycles. The van der Waals surface area contributed by atoms with Gasteiger partial charge in [-0.1, -0.05) is 30.3 Å². The normalized spacial score (nSPS) is 15.6. The third-order valence-electron chi connectivity index (χ3n) is 5.61. The van der Waals surface area contributed by atoms with Crippen molar-refractivity contribution in [1.29, 1.82) is 0 Å². The Morgan fingerprint density at radius 3 is 2.31 bits per heavy atom. The van der Waals surface area contributed by atoms with Crippen LogP contribution in [0.2, 0.25) is 0 Å². The van der Waals surface area contributed by atoms with E-state index in [1.807, 2.05) is 6.07 Å². The highest BCUT2D eigenvalue weighted by Gasteiger charge is 2.24. The van der Waals surface area contributed by atoms with Crippen molar-refractivity contribution in [3.8, 4) is 5.75 Å². The van der Waals surface area contributed by atoms with E-state index >= 15 is 0 Å². The van der Waals surface area contributed by atoms with Crippen LogP contribution in [-0.2, 0) is 16.6 Å². The molecule has 0 spiro atoms. The summed E-state index contributed by atoms with van der Waals surface area (Å²) in [5.74, 6) is -0.0887. The van der Waals surface area contributed by atoms with Crippen molar-refractivity contribution >= 4 is 15.9 Å². The van der Waals surface area contributed by atoms with Crippen molar-refractivity contribution in [2.24, 2.45) is 0 Å².